The highest BCUT2D eigenvalue weighted by Crippen LogP contribution is 2.45. The number of aliphatic hydroxyl groups excluding tert-OH is 1. The van der Waals surface area contributed by atoms with Gasteiger partial charge in [0.05, 0.1) is 33.7 Å². The minimum absolute atomic E-state index is 0.0227. The van der Waals surface area contributed by atoms with Crippen molar-refractivity contribution in [1.29, 1.82) is 0 Å². The highest BCUT2D eigenvalue weighted by Gasteiger charge is 2.44. The quantitative estimate of drug-likeness (QED) is 0.140. The van der Waals surface area contributed by atoms with Crippen molar-refractivity contribution in [3.8, 4) is 28.3 Å². The smallest absolute Gasteiger partial charge is 0.317 e. The number of anilines is 1. The van der Waals surface area contributed by atoms with Crippen LogP contribution in [0.4, 0.5) is 14.9 Å². The van der Waals surface area contributed by atoms with E-state index in [1.54, 1.807) is 44.2 Å². The minimum atomic E-state index is -0.592. The molecular formula is C39H41ClFIN6O5. The summed E-state index contributed by atoms with van der Waals surface area (Å²) in [6.45, 7) is 5.12. The number of aryl methyl sites for hydroxylation is 1. The van der Waals surface area contributed by atoms with Gasteiger partial charge >= 0.3 is 6.03 Å². The van der Waals surface area contributed by atoms with E-state index < -0.39 is 17.3 Å². The van der Waals surface area contributed by atoms with Crippen LogP contribution < -0.4 is 20.9 Å². The molecule has 1 spiro atoms. The summed E-state index contributed by atoms with van der Waals surface area (Å²) < 4.78 is 23.6. The maximum Gasteiger partial charge on any atom is 0.317 e. The summed E-state index contributed by atoms with van der Waals surface area (Å²) in [5.41, 5.74) is 4.24. The molecule has 278 valence electrons. The molecule has 7 rings (SSSR count). The Morgan fingerprint density at radius 2 is 1.94 bits per heavy atom. The first-order chi connectivity index (χ1) is 25.4. The van der Waals surface area contributed by atoms with Crippen LogP contribution >= 0.6 is 34.2 Å². The predicted molar refractivity (Wildman–Crippen MR) is 210 cm³/mol. The molecule has 2 fully saturated rings. The van der Waals surface area contributed by atoms with E-state index in [2.05, 4.69) is 15.5 Å². The molecule has 2 aromatic carbocycles. The molecule has 3 aliphatic rings. The van der Waals surface area contributed by atoms with Crippen molar-refractivity contribution in [3.63, 3.8) is 0 Å². The summed E-state index contributed by atoms with van der Waals surface area (Å²) >= 11 is 9.11. The van der Waals surface area contributed by atoms with Gasteiger partial charge in [0.25, 0.3) is 11.5 Å². The van der Waals surface area contributed by atoms with Crippen molar-refractivity contribution in [1.82, 2.24) is 24.7 Å². The second kappa shape index (κ2) is 15.0. The van der Waals surface area contributed by atoms with Crippen LogP contribution in [0.2, 0.25) is 5.02 Å². The molecule has 0 unspecified atom stereocenters. The molecule has 0 saturated carbocycles. The van der Waals surface area contributed by atoms with E-state index >= 15 is 4.39 Å². The van der Waals surface area contributed by atoms with Crippen LogP contribution in [0.1, 0.15) is 52.2 Å². The molecule has 2 aromatic heterocycles. The zero-order chi connectivity index (χ0) is 37.6. The molecular weight excluding hydrogens is 814 g/mol. The molecule has 14 heteroatoms. The fraction of sp³-hybridized carbons (Fsp3) is 0.385. The number of aromatic nitrogens is 2. The zero-order valence-electron chi connectivity index (χ0n) is 29.8. The highest BCUT2D eigenvalue weighted by atomic mass is 127. The monoisotopic (exact) mass is 854 g/mol. The fourth-order valence-corrected chi connectivity index (χ4v) is 8.82. The lowest BCUT2D eigenvalue weighted by atomic mass is 9.92. The summed E-state index contributed by atoms with van der Waals surface area (Å²) in [4.78, 5) is 47.7. The average molecular weight is 855 g/mol. The lowest BCUT2D eigenvalue weighted by molar-refractivity contribution is 0.102. The maximum atomic E-state index is 15.6. The summed E-state index contributed by atoms with van der Waals surface area (Å²) in [6.07, 6.45) is 3.51. The van der Waals surface area contributed by atoms with E-state index in [-0.39, 0.29) is 35.2 Å². The lowest BCUT2D eigenvalue weighted by Gasteiger charge is -2.40. The molecule has 53 heavy (non-hydrogen) atoms. The number of pyridine rings is 2. The first kappa shape index (κ1) is 37.3. The number of benzene rings is 2. The van der Waals surface area contributed by atoms with Gasteiger partial charge in [0.15, 0.2) is 0 Å². The largest absolute Gasteiger partial charge is 0.481 e. The number of rotatable bonds is 9. The van der Waals surface area contributed by atoms with Crippen LogP contribution in [0, 0.1) is 16.4 Å². The van der Waals surface area contributed by atoms with Gasteiger partial charge in [0.1, 0.15) is 11.4 Å². The Labute approximate surface area is 325 Å². The summed E-state index contributed by atoms with van der Waals surface area (Å²) in [6, 6.07) is 13.2. The lowest BCUT2D eigenvalue weighted by Crippen LogP contribution is -2.61. The van der Waals surface area contributed by atoms with Crippen LogP contribution in [0.25, 0.3) is 22.4 Å². The predicted octanol–water partition coefficient (Wildman–Crippen LogP) is 5.96. The molecule has 3 amide bonds. The minimum Gasteiger partial charge on any atom is -0.481 e. The van der Waals surface area contributed by atoms with Crippen LogP contribution in [0.5, 0.6) is 5.88 Å². The molecule has 0 radical (unpaired) electrons. The standard InChI is InChI=1S/C39H41ClFIN6O5/c1-22-29(43-35(50)27-9-12-31(42)46(2)37(27)51)11-10-28(41)32(22)26-6-4-5-25(34(26)40)30-19-23-7-8-24(33(23)36(44-30)53-3)20-47-15-13-39(21-47)14-16-48(17-18-49)38(52)45-39/h4-6,9-12,19,24,49H,7-8,13-18,20-21H2,1-3H3,(H,43,50)(H,45,52)/t24-,39-/m1/s1. The number of urea groups is 1. The molecule has 2 aliphatic heterocycles. The van der Waals surface area contributed by atoms with E-state index in [1.165, 1.54) is 22.8 Å². The van der Waals surface area contributed by atoms with E-state index in [0.717, 1.165) is 56.4 Å². The third-order valence-electron chi connectivity index (χ3n) is 11.0. The number of amides is 3. The Hall–Kier alpha value is -4.05. The molecule has 0 bridgehead atoms. The highest BCUT2D eigenvalue weighted by molar-refractivity contribution is 14.1. The number of ether oxygens (including phenoxy) is 1. The molecule has 4 aromatic rings. The number of hydrogen-bond acceptors (Lipinski definition) is 7. The topological polar surface area (TPSA) is 129 Å². The van der Waals surface area contributed by atoms with E-state index in [1.807, 2.05) is 34.7 Å². The van der Waals surface area contributed by atoms with Crippen molar-refractivity contribution in [3.05, 3.63) is 95.7 Å². The second-order valence-electron chi connectivity index (χ2n) is 14.1. The third kappa shape index (κ3) is 7.04. The van der Waals surface area contributed by atoms with Gasteiger partial charge in [-0.25, -0.2) is 14.2 Å². The van der Waals surface area contributed by atoms with Crippen LogP contribution in [-0.4, -0.2) is 88.4 Å². The van der Waals surface area contributed by atoms with Gasteiger partial charge in [-0.15, -0.1) is 0 Å². The fourth-order valence-electron chi connectivity index (χ4n) is 8.10. The Morgan fingerprint density at radius 3 is 2.70 bits per heavy atom. The van der Waals surface area contributed by atoms with Crippen molar-refractivity contribution < 1.29 is 23.8 Å². The number of hydrogen-bond donors (Lipinski definition) is 3. The van der Waals surface area contributed by atoms with E-state index in [9.17, 15) is 19.5 Å². The first-order valence-corrected chi connectivity index (χ1v) is 19.1. The average Bonchev–Trinajstić information content (AvgIpc) is 3.73. The molecule has 11 nitrogen and oxygen atoms in total. The Morgan fingerprint density at radius 1 is 1.17 bits per heavy atom. The SMILES string of the molecule is COc1nc(-c2cccc(-c3c(F)ccc(NC(=O)c4ccc(I)n(C)c4=O)c3C)c2Cl)cc2c1[C@@H](CN1CC[C@@]3(CCN(CCO)C(=O)N3)C1)CC2. The van der Waals surface area contributed by atoms with Gasteiger partial charge in [0.2, 0.25) is 5.88 Å². The first-order valence-electron chi connectivity index (χ1n) is 17.7. The van der Waals surface area contributed by atoms with Crippen molar-refractivity contribution in [2.45, 2.75) is 44.1 Å². The normalized spacial score (nSPS) is 19.8. The van der Waals surface area contributed by atoms with Crippen LogP contribution in [0.15, 0.2) is 53.3 Å². The number of nitrogens with zero attached hydrogens (tertiary/aromatic N) is 4. The number of likely N-dealkylation sites (tertiary alicyclic amines) is 1. The number of aliphatic hydroxyl groups is 1. The number of β-amino-alcohol motifs (C(OH)–C–C–N with tert-alkyl or cyclic N) is 1. The number of carbonyl (C=O) groups excluding carboxylic acids is 2. The number of methoxy groups -OCH3 is 1. The zero-order valence-corrected chi connectivity index (χ0v) is 32.7. The third-order valence-corrected chi connectivity index (χ3v) is 12.5. The number of halogens is 3. The van der Waals surface area contributed by atoms with Gasteiger partial charge in [-0.2, -0.15) is 0 Å². The number of carbonyl (C=O) groups is 2. The molecule has 2 saturated heterocycles. The van der Waals surface area contributed by atoms with E-state index in [0.29, 0.717) is 55.8 Å². The van der Waals surface area contributed by atoms with Gasteiger partial charge in [-0.05, 0) is 96.7 Å². The van der Waals surface area contributed by atoms with Crippen molar-refractivity contribution in [2.24, 2.45) is 7.05 Å². The van der Waals surface area contributed by atoms with E-state index in [4.69, 9.17) is 21.3 Å². The van der Waals surface area contributed by atoms with Crippen molar-refractivity contribution in [2.75, 3.05) is 51.8 Å². The Bertz CT molecular complexity index is 2180. The van der Waals surface area contributed by atoms with Crippen molar-refractivity contribution >= 4 is 51.8 Å². The van der Waals surface area contributed by atoms with Crippen LogP contribution in [0.3, 0.4) is 0 Å². The van der Waals surface area contributed by atoms with Gasteiger partial charge < -0.3 is 34.8 Å². The van der Waals surface area contributed by atoms with Crippen LogP contribution in [-0.2, 0) is 13.5 Å². The number of fused-ring (bicyclic) bond motifs is 1. The van der Waals surface area contributed by atoms with Gasteiger partial charge in [0, 0.05) is 73.6 Å². The summed E-state index contributed by atoms with van der Waals surface area (Å²) in [7, 11) is 3.21. The number of nitrogens with one attached hydrogen (secondary N) is 2. The summed E-state index contributed by atoms with van der Waals surface area (Å²) in [5, 5.41) is 15.6. The Balaban J connectivity index is 1.13. The second-order valence-corrected chi connectivity index (χ2v) is 15.6. The summed E-state index contributed by atoms with van der Waals surface area (Å²) in [5.74, 6) is -0.357. The van der Waals surface area contributed by atoms with Gasteiger partial charge in [-0.1, -0.05) is 29.8 Å². The van der Waals surface area contributed by atoms with Gasteiger partial charge in [-0.3, -0.25) is 9.59 Å². The molecule has 3 N–H and O–H groups in total. The Kier molecular flexibility index (Phi) is 10.5. The maximum absolute atomic E-state index is 15.6. The molecule has 4 heterocycles. The molecule has 1 aliphatic carbocycles. The molecule has 2 atom stereocenters.